The van der Waals surface area contributed by atoms with Crippen molar-refractivity contribution in [3.05, 3.63) is 34.4 Å². The normalized spacial score (nSPS) is 10.8. The van der Waals surface area contributed by atoms with E-state index < -0.39 is 0 Å². The molecule has 1 nitrogen and oxygen atoms in total. The highest BCUT2D eigenvalue weighted by Crippen LogP contribution is 2.16. The molecule has 0 atom stereocenters. The number of nitrogens with one attached hydrogen (secondary N) is 1. The summed E-state index contributed by atoms with van der Waals surface area (Å²) in [6.45, 7) is 11.1. The molecule has 0 aromatic heterocycles. The Bertz CT molecular complexity index is 305. The maximum absolute atomic E-state index is 3.50. The molecule has 1 heteroatoms. The van der Waals surface area contributed by atoms with Crippen LogP contribution in [-0.2, 0) is 6.42 Å². The predicted octanol–water partition coefficient (Wildman–Crippen LogP) is 3.54. The summed E-state index contributed by atoms with van der Waals surface area (Å²) >= 11 is 0. The fourth-order valence-corrected chi connectivity index (χ4v) is 2.24. The van der Waals surface area contributed by atoms with Gasteiger partial charge < -0.3 is 5.32 Å². The SMILES string of the molecule is CCCCNCCc1c(C)cc(C)cc1C. The van der Waals surface area contributed by atoms with Crippen molar-refractivity contribution < 1.29 is 0 Å². The summed E-state index contributed by atoms with van der Waals surface area (Å²) in [6, 6.07) is 4.57. The molecule has 0 aliphatic rings. The van der Waals surface area contributed by atoms with Crippen LogP contribution in [-0.4, -0.2) is 13.1 Å². The topological polar surface area (TPSA) is 12.0 Å². The Labute approximate surface area is 100 Å². The third-order valence-electron chi connectivity index (χ3n) is 3.10. The molecule has 0 aliphatic carbocycles. The van der Waals surface area contributed by atoms with Gasteiger partial charge in [-0.1, -0.05) is 31.0 Å². The monoisotopic (exact) mass is 219 g/mol. The number of hydrogen-bond donors (Lipinski definition) is 1. The summed E-state index contributed by atoms with van der Waals surface area (Å²) in [5.41, 5.74) is 5.77. The molecule has 1 N–H and O–H groups in total. The minimum absolute atomic E-state index is 1.10. The van der Waals surface area contributed by atoms with E-state index in [1.54, 1.807) is 0 Å². The van der Waals surface area contributed by atoms with E-state index >= 15 is 0 Å². The average molecular weight is 219 g/mol. The van der Waals surface area contributed by atoms with Gasteiger partial charge in [0.2, 0.25) is 0 Å². The summed E-state index contributed by atoms with van der Waals surface area (Å²) in [7, 11) is 0. The highest BCUT2D eigenvalue weighted by atomic mass is 14.8. The zero-order valence-electron chi connectivity index (χ0n) is 11.2. The van der Waals surface area contributed by atoms with Gasteiger partial charge in [-0.15, -0.1) is 0 Å². The van der Waals surface area contributed by atoms with Crippen LogP contribution in [0, 0.1) is 20.8 Å². The maximum atomic E-state index is 3.50. The summed E-state index contributed by atoms with van der Waals surface area (Å²) < 4.78 is 0. The minimum atomic E-state index is 1.10. The van der Waals surface area contributed by atoms with E-state index in [0.717, 1.165) is 19.5 Å². The average Bonchev–Trinajstić information content (AvgIpc) is 2.20. The summed E-state index contributed by atoms with van der Waals surface area (Å²) in [5, 5.41) is 3.50. The maximum Gasteiger partial charge on any atom is -0.000815 e. The molecule has 1 aromatic carbocycles. The lowest BCUT2D eigenvalue weighted by molar-refractivity contribution is 0.638. The van der Waals surface area contributed by atoms with Crippen molar-refractivity contribution in [2.75, 3.05) is 13.1 Å². The molecule has 0 saturated heterocycles. The molecule has 0 saturated carbocycles. The third kappa shape index (κ3) is 3.97. The van der Waals surface area contributed by atoms with Crippen LogP contribution in [0.25, 0.3) is 0 Å². The number of aryl methyl sites for hydroxylation is 3. The molecule has 0 unspecified atom stereocenters. The van der Waals surface area contributed by atoms with E-state index in [0.29, 0.717) is 0 Å². The first-order chi connectivity index (χ1) is 7.65. The third-order valence-corrected chi connectivity index (χ3v) is 3.10. The fraction of sp³-hybridized carbons (Fsp3) is 0.600. The van der Waals surface area contributed by atoms with Gasteiger partial charge in [0.25, 0.3) is 0 Å². The molecule has 0 radical (unpaired) electrons. The van der Waals surface area contributed by atoms with E-state index in [2.05, 4.69) is 45.1 Å². The Morgan fingerprint density at radius 2 is 1.62 bits per heavy atom. The molecule has 0 heterocycles. The van der Waals surface area contributed by atoms with Gasteiger partial charge in [0, 0.05) is 0 Å². The second kappa shape index (κ2) is 6.70. The molecular weight excluding hydrogens is 194 g/mol. The lowest BCUT2D eigenvalue weighted by Gasteiger charge is -2.11. The molecule has 1 rings (SSSR count). The zero-order chi connectivity index (χ0) is 12.0. The van der Waals surface area contributed by atoms with Gasteiger partial charge in [0.1, 0.15) is 0 Å². The molecule has 0 fully saturated rings. The van der Waals surface area contributed by atoms with Crippen LogP contribution in [0.15, 0.2) is 12.1 Å². The Morgan fingerprint density at radius 1 is 1.00 bits per heavy atom. The Balaban J connectivity index is 2.47. The Morgan fingerprint density at radius 3 is 2.19 bits per heavy atom. The number of hydrogen-bond acceptors (Lipinski definition) is 1. The van der Waals surface area contributed by atoms with E-state index in [4.69, 9.17) is 0 Å². The Kier molecular flexibility index (Phi) is 5.54. The van der Waals surface area contributed by atoms with E-state index in [-0.39, 0.29) is 0 Å². The first-order valence-electron chi connectivity index (χ1n) is 6.42. The van der Waals surface area contributed by atoms with Gasteiger partial charge in [0.15, 0.2) is 0 Å². The summed E-state index contributed by atoms with van der Waals surface area (Å²) in [5.74, 6) is 0. The van der Waals surface area contributed by atoms with Gasteiger partial charge in [0.05, 0.1) is 0 Å². The molecular formula is C15H25N. The van der Waals surface area contributed by atoms with Crippen LogP contribution >= 0.6 is 0 Å². The van der Waals surface area contributed by atoms with Crippen molar-refractivity contribution in [3.63, 3.8) is 0 Å². The second-order valence-corrected chi connectivity index (χ2v) is 4.73. The number of benzene rings is 1. The number of unbranched alkanes of at least 4 members (excludes halogenated alkanes) is 1. The molecule has 1 aromatic rings. The van der Waals surface area contributed by atoms with Crippen molar-refractivity contribution >= 4 is 0 Å². The fourth-order valence-electron chi connectivity index (χ4n) is 2.24. The van der Waals surface area contributed by atoms with Crippen molar-refractivity contribution in [2.24, 2.45) is 0 Å². The van der Waals surface area contributed by atoms with Gasteiger partial charge >= 0.3 is 0 Å². The highest BCUT2D eigenvalue weighted by Gasteiger charge is 2.02. The van der Waals surface area contributed by atoms with E-state index in [1.165, 1.54) is 35.1 Å². The zero-order valence-corrected chi connectivity index (χ0v) is 11.2. The second-order valence-electron chi connectivity index (χ2n) is 4.73. The molecule has 0 spiro atoms. The van der Waals surface area contributed by atoms with Crippen LogP contribution in [0.1, 0.15) is 42.0 Å². The summed E-state index contributed by atoms with van der Waals surface area (Å²) in [4.78, 5) is 0. The largest absolute Gasteiger partial charge is 0.316 e. The minimum Gasteiger partial charge on any atom is -0.316 e. The summed E-state index contributed by atoms with van der Waals surface area (Å²) in [6.07, 6.45) is 3.71. The number of rotatable bonds is 6. The molecule has 0 aliphatic heterocycles. The standard InChI is InChI=1S/C15H25N/c1-5-6-8-16-9-7-15-13(3)10-12(2)11-14(15)4/h10-11,16H,5-9H2,1-4H3. The lowest BCUT2D eigenvalue weighted by atomic mass is 9.97. The van der Waals surface area contributed by atoms with Gasteiger partial charge in [-0.25, -0.2) is 0 Å². The van der Waals surface area contributed by atoms with Gasteiger partial charge in [-0.3, -0.25) is 0 Å². The van der Waals surface area contributed by atoms with Crippen LogP contribution < -0.4 is 5.32 Å². The highest BCUT2D eigenvalue weighted by molar-refractivity contribution is 5.37. The molecule has 0 amide bonds. The van der Waals surface area contributed by atoms with E-state index in [9.17, 15) is 0 Å². The smallest absolute Gasteiger partial charge is 0.000815 e. The van der Waals surface area contributed by atoms with Crippen LogP contribution in [0.2, 0.25) is 0 Å². The van der Waals surface area contributed by atoms with Crippen molar-refractivity contribution in [3.8, 4) is 0 Å². The van der Waals surface area contributed by atoms with Crippen LogP contribution in [0.5, 0.6) is 0 Å². The van der Waals surface area contributed by atoms with Crippen molar-refractivity contribution in [2.45, 2.75) is 47.0 Å². The van der Waals surface area contributed by atoms with Crippen molar-refractivity contribution in [1.82, 2.24) is 5.32 Å². The first kappa shape index (κ1) is 13.2. The predicted molar refractivity (Wildman–Crippen MR) is 72.1 cm³/mol. The molecule has 0 bridgehead atoms. The van der Waals surface area contributed by atoms with Crippen LogP contribution in [0.4, 0.5) is 0 Å². The van der Waals surface area contributed by atoms with Crippen LogP contribution in [0.3, 0.4) is 0 Å². The first-order valence-corrected chi connectivity index (χ1v) is 6.42. The molecule has 90 valence electrons. The van der Waals surface area contributed by atoms with Gasteiger partial charge in [-0.2, -0.15) is 0 Å². The van der Waals surface area contributed by atoms with E-state index in [1.807, 2.05) is 0 Å². The quantitative estimate of drug-likeness (QED) is 0.722. The molecule has 16 heavy (non-hydrogen) atoms. The Hall–Kier alpha value is -0.820. The lowest BCUT2D eigenvalue weighted by Crippen LogP contribution is -2.19. The van der Waals surface area contributed by atoms with Crippen molar-refractivity contribution in [1.29, 1.82) is 0 Å². The van der Waals surface area contributed by atoms with Gasteiger partial charge in [-0.05, 0) is 63.4 Å².